The largest absolute Gasteiger partial charge is 0.298 e. The van der Waals surface area contributed by atoms with Crippen LogP contribution in [0.5, 0.6) is 0 Å². The average molecular weight is 447 g/mol. The molecule has 0 aliphatic carbocycles. The Hall–Kier alpha value is -2.23. The predicted molar refractivity (Wildman–Crippen MR) is 116 cm³/mol. The number of nitrogens with zero attached hydrogens (tertiary/aromatic N) is 4. The van der Waals surface area contributed by atoms with Gasteiger partial charge in [0.05, 0.1) is 12.8 Å². The maximum Gasteiger partial charge on any atom is 0.211 e. The molecule has 4 rings (SSSR count). The highest BCUT2D eigenvalue weighted by molar-refractivity contribution is 7.99. The number of sulfonamides is 1. The molecule has 1 aliphatic rings. The van der Waals surface area contributed by atoms with Gasteiger partial charge >= 0.3 is 0 Å². The molecule has 1 fully saturated rings. The number of hydrogen-bond donors (Lipinski definition) is 0. The molecule has 6 nitrogen and oxygen atoms in total. The lowest BCUT2D eigenvalue weighted by molar-refractivity contribution is 0.471. The smallest absolute Gasteiger partial charge is 0.211 e. The van der Waals surface area contributed by atoms with Gasteiger partial charge < -0.3 is 0 Å². The molecule has 1 aliphatic heterocycles. The van der Waals surface area contributed by atoms with Crippen molar-refractivity contribution < 1.29 is 12.8 Å². The van der Waals surface area contributed by atoms with Gasteiger partial charge in [-0.1, -0.05) is 42.1 Å². The highest BCUT2D eigenvalue weighted by Crippen LogP contribution is 2.29. The molecule has 1 atom stereocenters. The van der Waals surface area contributed by atoms with E-state index in [0.29, 0.717) is 25.5 Å². The van der Waals surface area contributed by atoms with Crippen LogP contribution in [0, 0.1) is 11.7 Å². The number of thioether (sulfide) groups is 1. The molecule has 1 saturated heterocycles. The van der Waals surface area contributed by atoms with Crippen molar-refractivity contribution in [3.63, 3.8) is 0 Å². The van der Waals surface area contributed by atoms with Gasteiger partial charge in [-0.15, -0.1) is 10.2 Å². The molecular formula is C21H23FN4O2S2. The Bertz CT molecular complexity index is 1100. The van der Waals surface area contributed by atoms with E-state index in [4.69, 9.17) is 0 Å². The molecule has 0 saturated carbocycles. The number of hydrogen-bond acceptors (Lipinski definition) is 5. The normalized spacial score (nSPS) is 17.5. The van der Waals surface area contributed by atoms with Gasteiger partial charge in [-0.05, 0) is 42.2 Å². The second-order valence-corrected chi connectivity index (χ2v) is 10.4. The van der Waals surface area contributed by atoms with Crippen molar-refractivity contribution in [1.82, 2.24) is 19.1 Å². The fraction of sp³-hybridized carbons (Fsp3) is 0.333. The molecule has 9 heteroatoms. The van der Waals surface area contributed by atoms with E-state index in [1.165, 1.54) is 22.7 Å². The lowest BCUT2D eigenvalue weighted by Crippen LogP contribution is -2.27. The lowest BCUT2D eigenvalue weighted by atomic mass is 10.2. The third-order valence-electron chi connectivity index (χ3n) is 5.17. The van der Waals surface area contributed by atoms with Crippen molar-refractivity contribution in [3.05, 3.63) is 66.0 Å². The Balaban J connectivity index is 1.56. The molecule has 2 aromatic carbocycles. The summed E-state index contributed by atoms with van der Waals surface area (Å²) in [6.45, 7) is 1.72. The summed E-state index contributed by atoms with van der Waals surface area (Å²) in [5.74, 6) is 1.44. The average Bonchev–Trinajstić information content (AvgIpc) is 3.35. The fourth-order valence-corrected chi connectivity index (χ4v) is 5.52. The fourth-order valence-electron chi connectivity index (χ4n) is 3.54. The van der Waals surface area contributed by atoms with Crippen molar-refractivity contribution >= 4 is 21.8 Å². The summed E-state index contributed by atoms with van der Waals surface area (Å²) < 4.78 is 40.5. The number of rotatable bonds is 7. The minimum atomic E-state index is -3.14. The minimum Gasteiger partial charge on any atom is -0.298 e. The maximum absolute atomic E-state index is 13.4. The van der Waals surface area contributed by atoms with Crippen molar-refractivity contribution in [2.45, 2.75) is 18.1 Å². The van der Waals surface area contributed by atoms with Gasteiger partial charge in [-0.3, -0.25) is 4.57 Å². The zero-order chi connectivity index (χ0) is 21.1. The molecule has 30 heavy (non-hydrogen) atoms. The van der Waals surface area contributed by atoms with Gasteiger partial charge in [-0.25, -0.2) is 17.1 Å². The van der Waals surface area contributed by atoms with Crippen LogP contribution >= 0.6 is 11.8 Å². The standard InChI is InChI=1S/C21H23FN4O2S2/c1-30(27,28)25-12-11-17(13-25)15-29-21-24-23-20(18-7-9-19(22)10-8-18)26(21)14-16-5-3-2-4-6-16/h2-10,17H,11-15H2,1H3/t17-/m0/s1. The van der Waals surface area contributed by atoms with Crippen LogP contribution in [0.25, 0.3) is 11.4 Å². The Morgan fingerprint density at radius 1 is 1.10 bits per heavy atom. The van der Waals surface area contributed by atoms with Crippen LogP contribution in [-0.2, 0) is 16.6 Å². The Kier molecular flexibility index (Phi) is 6.21. The molecular weight excluding hydrogens is 423 g/mol. The van der Waals surface area contributed by atoms with Crippen molar-refractivity contribution in [1.29, 1.82) is 0 Å². The summed E-state index contributed by atoms with van der Waals surface area (Å²) >= 11 is 1.59. The second-order valence-electron chi connectivity index (χ2n) is 7.47. The Labute approximate surface area is 180 Å². The van der Waals surface area contributed by atoms with E-state index >= 15 is 0 Å². The first-order valence-corrected chi connectivity index (χ1v) is 12.5. The summed E-state index contributed by atoms with van der Waals surface area (Å²) in [7, 11) is -3.14. The first-order valence-electron chi connectivity index (χ1n) is 9.71. The van der Waals surface area contributed by atoms with Crippen LogP contribution in [0.15, 0.2) is 59.8 Å². The molecule has 3 aromatic rings. The Morgan fingerprint density at radius 3 is 2.50 bits per heavy atom. The lowest BCUT2D eigenvalue weighted by Gasteiger charge is -2.14. The third kappa shape index (κ3) is 4.91. The van der Waals surface area contributed by atoms with Crippen LogP contribution in [0.4, 0.5) is 4.39 Å². The van der Waals surface area contributed by atoms with E-state index < -0.39 is 10.0 Å². The zero-order valence-electron chi connectivity index (χ0n) is 16.6. The number of aromatic nitrogens is 3. The van der Waals surface area contributed by atoms with Crippen molar-refractivity contribution in [3.8, 4) is 11.4 Å². The Morgan fingerprint density at radius 2 is 1.83 bits per heavy atom. The maximum atomic E-state index is 13.4. The molecule has 2 heterocycles. The van der Waals surface area contributed by atoms with E-state index in [1.54, 1.807) is 23.9 Å². The predicted octanol–water partition coefficient (Wildman–Crippen LogP) is 3.51. The first-order chi connectivity index (χ1) is 14.4. The quantitative estimate of drug-likeness (QED) is 0.520. The van der Waals surface area contributed by atoms with Crippen molar-refractivity contribution in [2.24, 2.45) is 5.92 Å². The second kappa shape index (κ2) is 8.87. The van der Waals surface area contributed by atoms with E-state index in [2.05, 4.69) is 10.2 Å². The molecule has 0 bridgehead atoms. The van der Waals surface area contributed by atoms with Gasteiger partial charge in [-0.2, -0.15) is 0 Å². The molecule has 0 spiro atoms. The summed E-state index contributed by atoms with van der Waals surface area (Å²) in [6, 6.07) is 16.3. The molecule has 1 aromatic heterocycles. The summed E-state index contributed by atoms with van der Waals surface area (Å²) in [5.41, 5.74) is 1.92. The SMILES string of the molecule is CS(=O)(=O)N1CC[C@H](CSc2nnc(-c3ccc(F)cc3)n2Cc2ccccc2)C1. The summed E-state index contributed by atoms with van der Waals surface area (Å²) in [6.07, 6.45) is 2.10. The molecule has 0 N–H and O–H groups in total. The summed E-state index contributed by atoms with van der Waals surface area (Å²) in [5, 5.41) is 9.54. The van der Waals surface area contributed by atoms with Crippen molar-refractivity contribution in [2.75, 3.05) is 25.1 Å². The van der Waals surface area contributed by atoms with E-state index in [0.717, 1.165) is 28.5 Å². The van der Waals surface area contributed by atoms with Crippen LogP contribution in [-0.4, -0.2) is 52.6 Å². The van der Waals surface area contributed by atoms with E-state index in [9.17, 15) is 12.8 Å². The van der Waals surface area contributed by atoms with Gasteiger partial charge in [0.1, 0.15) is 5.82 Å². The monoisotopic (exact) mass is 446 g/mol. The first kappa shape index (κ1) is 21.0. The van der Waals surface area contributed by atoms with Gasteiger partial charge in [0.25, 0.3) is 0 Å². The van der Waals surface area contributed by atoms with Crippen LogP contribution < -0.4 is 0 Å². The highest BCUT2D eigenvalue weighted by atomic mass is 32.2. The number of benzene rings is 2. The molecule has 0 radical (unpaired) electrons. The van der Waals surface area contributed by atoms with Gasteiger partial charge in [0, 0.05) is 24.4 Å². The van der Waals surface area contributed by atoms with Gasteiger partial charge in [0.15, 0.2) is 11.0 Å². The van der Waals surface area contributed by atoms with Crippen LogP contribution in [0.2, 0.25) is 0 Å². The van der Waals surface area contributed by atoms with Crippen LogP contribution in [0.3, 0.4) is 0 Å². The van der Waals surface area contributed by atoms with E-state index in [-0.39, 0.29) is 11.7 Å². The van der Waals surface area contributed by atoms with Gasteiger partial charge in [0.2, 0.25) is 10.0 Å². The zero-order valence-corrected chi connectivity index (χ0v) is 18.2. The third-order valence-corrected chi connectivity index (χ3v) is 7.64. The minimum absolute atomic E-state index is 0.279. The van der Waals surface area contributed by atoms with Crippen LogP contribution in [0.1, 0.15) is 12.0 Å². The van der Waals surface area contributed by atoms with E-state index in [1.807, 2.05) is 34.9 Å². The summed E-state index contributed by atoms with van der Waals surface area (Å²) in [4.78, 5) is 0. The number of halogens is 1. The molecule has 158 valence electrons. The molecule has 0 amide bonds. The molecule has 0 unspecified atom stereocenters. The highest BCUT2D eigenvalue weighted by Gasteiger charge is 2.29. The topological polar surface area (TPSA) is 68.1 Å².